The van der Waals surface area contributed by atoms with Crippen molar-refractivity contribution < 1.29 is 17.9 Å². The minimum atomic E-state index is -4.33. The number of anilines is 1. The van der Waals surface area contributed by atoms with Gasteiger partial charge in [0.2, 0.25) is 5.95 Å². The highest BCUT2D eigenvalue weighted by Gasteiger charge is 2.31. The van der Waals surface area contributed by atoms with E-state index in [0.29, 0.717) is 31.2 Å². The Morgan fingerprint density at radius 2 is 1.78 bits per heavy atom. The molecule has 1 aliphatic heterocycles. The molecule has 1 saturated heterocycles. The first kappa shape index (κ1) is 16.2. The molecule has 4 nitrogen and oxygen atoms in total. The van der Waals surface area contributed by atoms with E-state index in [1.807, 2.05) is 4.90 Å². The second-order valence-corrected chi connectivity index (χ2v) is 6.04. The van der Waals surface area contributed by atoms with E-state index in [1.54, 1.807) is 12.4 Å². The monoisotopic (exact) mass is 387 g/mol. The number of alkyl halides is 3. The first-order valence-electron chi connectivity index (χ1n) is 6.95. The predicted molar refractivity (Wildman–Crippen MR) is 82.1 cm³/mol. The molecular weight excluding hydrogens is 375 g/mol. The van der Waals surface area contributed by atoms with Crippen molar-refractivity contribution in [2.45, 2.75) is 12.3 Å². The van der Waals surface area contributed by atoms with Gasteiger partial charge in [0.25, 0.3) is 0 Å². The lowest BCUT2D eigenvalue weighted by molar-refractivity contribution is -0.137. The second-order valence-electron chi connectivity index (χ2n) is 5.13. The lowest BCUT2D eigenvalue weighted by Gasteiger charge is -2.33. The number of hydrogen-bond donors (Lipinski definition) is 0. The standard InChI is InChI=1S/C15H13BrF3N3O/c16-12-7-20-14(21-8-12)22-5-6-23-13(9-22)10-1-3-11(4-2-10)15(17,18)19/h1-4,7-8,13H,5-6,9H2. The number of hydrogen-bond acceptors (Lipinski definition) is 4. The molecule has 1 atom stereocenters. The molecule has 3 rings (SSSR count). The fraction of sp³-hybridized carbons (Fsp3) is 0.333. The summed E-state index contributed by atoms with van der Waals surface area (Å²) in [6.07, 6.45) is -1.32. The zero-order valence-electron chi connectivity index (χ0n) is 11.9. The quantitative estimate of drug-likeness (QED) is 0.784. The molecule has 0 N–H and O–H groups in total. The van der Waals surface area contributed by atoms with Gasteiger partial charge in [-0.15, -0.1) is 0 Å². The van der Waals surface area contributed by atoms with E-state index in [2.05, 4.69) is 25.9 Å². The van der Waals surface area contributed by atoms with Crippen molar-refractivity contribution in [3.05, 3.63) is 52.3 Å². The molecule has 1 aromatic carbocycles. The molecule has 1 fully saturated rings. The summed E-state index contributed by atoms with van der Waals surface area (Å²) in [6, 6.07) is 5.07. The third-order valence-corrected chi connectivity index (χ3v) is 3.98. The van der Waals surface area contributed by atoms with E-state index in [9.17, 15) is 13.2 Å². The van der Waals surface area contributed by atoms with Crippen molar-refractivity contribution in [2.24, 2.45) is 0 Å². The summed E-state index contributed by atoms with van der Waals surface area (Å²) < 4.78 is 44.3. The van der Waals surface area contributed by atoms with Crippen LogP contribution in [0.5, 0.6) is 0 Å². The van der Waals surface area contributed by atoms with Crippen molar-refractivity contribution in [1.29, 1.82) is 0 Å². The van der Waals surface area contributed by atoms with Crippen molar-refractivity contribution in [2.75, 3.05) is 24.6 Å². The Morgan fingerprint density at radius 3 is 2.39 bits per heavy atom. The van der Waals surface area contributed by atoms with Gasteiger partial charge in [-0.3, -0.25) is 0 Å². The van der Waals surface area contributed by atoms with E-state index in [-0.39, 0.29) is 6.10 Å². The first-order chi connectivity index (χ1) is 10.9. The molecule has 0 radical (unpaired) electrons. The summed E-state index contributed by atoms with van der Waals surface area (Å²) in [5.41, 5.74) is 0.0463. The largest absolute Gasteiger partial charge is 0.416 e. The van der Waals surface area contributed by atoms with Crippen LogP contribution < -0.4 is 4.90 Å². The molecule has 0 aliphatic carbocycles. The van der Waals surface area contributed by atoms with E-state index in [4.69, 9.17) is 4.74 Å². The van der Waals surface area contributed by atoms with E-state index < -0.39 is 11.7 Å². The highest BCUT2D eigenvalue weighted by atomic mass is 79.9. The average molecular weight is 388 g/mol. The summed E-state index contributed by atoms with van der Waals surface area (Å²) in [7, 11) is 0. The van der Waals surface area contributed by atoms with Gasteiger partial charge in [-0.25, -0.2) is 9.97 Å². The summed E-state index contributed by atoms with van der Waals surface area (Å²) in [4.78, 5) is 10.4. The predicted octanol–water partition coefficient (Wildman–Crippen LogP) is 3.84. The van der Waals surface area contributed by atoms with Crippen LogP contribution >= 0.6 is 15.9 Å². The normalized spacial score (nSPS) is 19.0. The first-order valence-corrected chi connectivity index (χ1v) is 7.74. The molecule has 1 aromatic heterocycles. The molecule has 1 unspecified atom stereocenters. The Hall–Kier alpha value is -1.67. The number of morpholine rings is 1. The van der Waals surface area contributed by atoms with E-state index in [0.717, 1.165) is 16.6 Å². The number of nitrogens with zero attached hydrogens (tertiary/aromatic N) is 3. The van der Waals surface area contributed by atoms with Gasteiger partial charge in [0.05, 0.1) is 23.2 Å². The Balaban J connectivity index is 1.74. The Bertz CT molecular complexity index is 661. The van der Waals surface area contributed by atoms with E-state index >= 15 is 0 Å². The highest BCUT2D eigenvalue weighted by molar-refractivity contribution is 9.10. The maximum Gasteiger partial charge on any atom is 0.416 e. The van der Waals surface area contributed by atoms with Gasteiger partial charge in [0.15, 0.2) is 0 Å². The molecule has 1 aliphatic rings. The molecule has 8 heteroatoms. The molecule has 0 bridgehead atoms. The number of rotatable bonds is 2. The van der Waals surface area contributed by atoms with Gasteiger partial charge in [-0.05, 0) is 33.6 Å². The van der Waals surface area contributed by atoms with Crippen LogP contribution in [-0.4, -0.2) is 29.7 Å². The Morgan fingerprint density at radius 1 is 1.13 bits per heavy atom. The van der Waals surface area contributed by atoms with Crippen molar-refractivity contribution >= 4 is 21.9 Å². The minimum Gasteiger partial charge on any atom is -0.370 e. The van der Waals surface area contributed by atoms with Crippen LogP contribution in [0.2, 0.25) is 0 Å². The van der Waals surface area contributed by atoms with Gasteiger partial charge < -0.3 is 9.64 Å². The molecule has 2 aromatic rings. The third-order valence-electron chi connectivity index (χ3n) is 3.57. The third kappa shape index (κ3) is 3.81. The lowest BCUT2D eigenvalue weighted by Crippen LogP contribution is -2.39. The number of halogens is 4. The van der Waals surface area contributed by atoms with E-state index in [1.165, 1.54) is 12.1 Å². The van der Waals surface area contributed by atoms with Gasteiger partial charge in [0, 0.05) is 18.9 Å². The number of ether oxygens (including phenoxy) is 1. The second kappa shape index (κ2) is 6.45. The van der Waals surface area contributed by atoms with Crippen LogP contribution in [-0.2, 0) is 10.9 Å². The number of benzene rings is 1. The van der Waals surface area contributed by atoms with Crippen LogP contribution in [0.15, 0.2) is 41.1 Å². The minimum absolute atomic E-state index is 0.307. The Kier molecular flexibility index (Phi) is 4.54. The zero-order valence-corrected chi connectivity index (χ0v) is 13.5. The molecule has 0 spiro atoms. The van der Waals surface area contributed by atoms with Gasteiger partial charge in [-0.2, -0.15) is 13.2 Å². The maximum atomic E-state index is 12.6. The molecule has 2 heterocycles. The molecule has 122 valence electrons. The van der Waals surface area contributed by atoms with Crippen molar-refractivity contribution in [3.8, 4) is 0 Å². The summed E-state index contributed by atoms with van der Waals surface area (Å²) in [6.45, 7) is 1.59. The average Bonchev–Trinajstić information content (AvgIpc) is 2.55. The Labute approximate surface area is 139 Å². The molecular formula is C15H13BrF3N3O. The zero-order chi connectivity index (χ0) is 16.4. The number of aromatic nitrogens is 2. The SMILES string of the molecule is FC(F)(F)c1ccc(C2CN(c3ncc(Br)cn3)CCO2)cc1. The van der Waals surface area contributed by atoms with Gasteiger partial charge in [0.1, 0.15) is 6.10 Å². The van der Waals surface area contributed by atoms with Gasteiger partial charge >= 0.3 is 6.18 Å². The van der Waals surface area contributed by atoms with Crippen molar-refractivity contribution in [3.63, 3.8) is 0 Å². The summed E-state index contributed by atoms with van der Waals surface area (Å²) >= 11 is 3.28. The fourth-order valence-electron chi connectivity index (χ4n) is 2.39. The van der Waals surface area contributed by atoms with Crippen LogP contribution in [0, 0.1) is 0 Å². The lowest BCUT2D eigenvalue weighted by atomic mass is 10.1. The molecule has 23 heavy (non-hydrogen) atoms. The van der Waals surface area contributed by atoms with Gasteiger partial charge in [-0.1, -0.05) is 12.1 Å². The van der Waals surface area contributed by atoms with Crippen LogP contribution in [0.25, 0.3) is 0 Å². The smallest absolute Gasteiger partial charge is 0.370 e. The highest BCUT2D eigenvalue weighted by Crippen LogP contribution is 2.31. The van der Waals surface area contributed by atoms with Crippen LogP contribution in [0.4, 0.5) is 19.1 Å². The topological polar surface area (TPSA) is 38.2 Å². The fourth-order valence-corrected chi connectivity index (χ4v) is 2.59. The van der Waals surface area contributed by atoms with Crippen LogP contribution in [0.3, 0.4) is 0 Å². The summed E-state index contributed by atoms with van der Waals surface area (Å²) in [5.74, 6) is 0.577. The molecule has 0 amide bonds. The molecule has 0 saturated carbocycles. The maximum absolute atomic E-state index is 12.6. The summed E-state index contributed by atoms with van der Waals surface area (Å²) in [5, 5.41) is 0. The van der Waals surface area contributed by atoms with Crippen LogP contribution in [0.1, 0.15) is 17.2 Å². The van der Waals surface area contributed by atoms with Crippen molar-refractivity contribution in [1.82, 2.24) is 9.97 Å².